The van der Waals surface area contributed by atoms with Gasteiger partial charge < -0.3 is 15.4 Å². The molecule has 0 bridgehead atoms. The second-order valence-corrected chi connectivity index (χ2v) is 9.22. The molecule has 36 heavy (non-hydrogen) atoms. The molecule has 1 aromatic carbocycles. The number of hydrogen-bond acceptors (Lipinski definition) is 5. The number of hydrogen-bond donors (Lipinski definition) is 2. The summed E-state index contributed by atoms with van der Waals surface area (Å²) in [7, 11) is 1.61. The maximum absolute atomic E-state index is 15.3. The number of allylic oxidation sites excluding steroid dienone is 3. The molecule has 1 aliphatic carbocycles. The number of anilines is 1. The molecule has 0 atom stereocenters. The molecule has 0 aromatic heterocycles. The van der Waals surface area contributed by atoms with E-state index in [1.54, 1.807) is 30.3 Å². The Hall–Kier alpha value is -3.23. The third-order valence-electron chi connectivity index (χ3n) is 6.88. The third-order valence-corrected chi connectivity index (χ3v) is 6.88. The van der Waals surface area contributed by atoms with Gasteiger partial charge in [-0.3, -0.25) is 14.4 Å². The number of amides is 2. The van der Waals surface area contributed by atoms with E-state index in [0.717, 1.165) is 30.4 Å². The highest BCUT2D eigenvalue weighted by Crippen LogP contribution is 2.43. The summed E-state index contributed by atoms with van der Waals surface area (Å²) in [6.45, 7) is 4.94. The minimum Gasteiger partial charge on any atom is -0.475 e. The number of likely N-dealkylation sites (N-methyl/N-ethyl adjacent to an activating group) is 1. The number of carbonyl (C=O) groups excluding carboxylic acids is 2. The fourth-order valence-electron chi connectivity index (χ4n) is 4.84. The van der Waals surface area contributed by atoms with Crippen LogP contribution in [-0.4, -0.2) is 42.7 Å². The zero-order chi connectivity index (χ0) is 25.7. The Labute approximate surface area is 211 Å². The number of rotatable bonds is 7. The quantitative estimate of drug-likeness (QED) is 0.422. The molecule has 192 valence electrons. The van der Waals surface area contributed by atoms with Gasteiger partial charge in [0.25, 0.3) is 11.8 Å². The van der Waals surface area contributed by atoms with E-state index >= 15 is 4.39 Å². The van der Waals surface area contributed by atoms with E-state index in [9.17, 15) is 9.59 Å². The summed E-state index contributed by atoms with van der Waals surface area (Å²) in [6.07, 6.45) is 13.5. The number of halogens is 1. The van der Waals surface area contributed by atoms with Gasteiger partial charge in [0.15, 0.2) is 11.4 Å². The summed E-state index contributed by atoms with van der Waals surface area (Å²) in [4.78, 5) is 30.6. The SMILES string of the molecule is C\C=C(/C=C\C(=C\CC)C(=O)NC)C1=CCN(Cc2ccc3c(c2F)NC(=O)C2(CCCC2)O3)OC1. The lowest BCUT2D eigenvalue weighted by molar-refractivity contribution is -0.156. The predicted octanol–water partition coefficient (Wildman–Crippen LogP) is 4.73. The first kappa shape index (κ1) is 25.9. The Balaban J connectivity index is 1.42. The van der Waals surface area contributed by atoms with E-state index in [1.165, 1.54) is 0 Å². The summed E-state index contributed by atoms with van der Waals surface area (Å²) < 4.78 is 21.3. The fraction of sp³-hybridized carbons (Fsp3) is 0.429. The van der Waals surface area contributed by atoms with E-state index in [4.69, 9.17) is 9.57 Å². The summed E-state index contributed by atoms with van der Waals surface area (Å²) in [5, 5.41) is 7.09. The number of benzene rings is 1. The first-order chi connectivity index (χ1) is 17.4. The van der Waals surface area contributed by atoms with Gasteiger partial charge in [0.05, 0.1) is 13.2 Å². The highest BCUT2D eigenvalue weighted by Gasteiger charge is 2.47. The van der Waals surface area contributed by atoms with Gasteiger partial charge in [-0.2, -0.15) is 5.06 Å². The van der Waals surface area contributed by atoms with Crippen molar-refractivity contribution in [2.75, 3.05) is 25.5 Å². The molecule has 1 aromatic rings. The summed E-state index contributed by atoms with van der Waals surface area (Å²) in [6, 6.07) is 3.42. The van der Waals surface area contributed by atoms with Crippen LogP contribution in [0, 0.1) is 5.82 Å². The minimum atomic E-state index is -0.857. The first-order valence-corrected chi connectivity index (χ1v) is 12.6. The molecule has 2 N–H and O–H groups in total. The van der Waals surface area contributed by atoms with Crippen molar-refractivity contribution in [3.05, 3.63) is 70.6 Å². The third kappa shape index (κ3) is 5.29. The van der Waals surface area contributed by atoms with E-state index < -0.39 is 11.4 Å². The number of nitrogens with one attached hydrogen (secondary N) is 2. The van der Waals surface area contributed by atoms with Crippen LogP contribution in [0.3, 0.4) is 0 Å². The van der Waals surface area contributed by atoms with E-state index in [2.05, 4.69) is 10.6 Å². The number of nitrogens with zero attached hydrogens (tertiary/aromatic N) is 1. The van der Waals surface area contributed by atoms with Crippen molar-refractivity contribution in [1.29, 1.82) is 0 Å². The number of hydroxylamine groups is 2. The van der Waals surface area contributed by atoms with Crippen molar-refractivity contribution < 1.29 is 23.6 Å². The monoisotopic (exact) mass is 495 g/mol. The Morgan fingerprint density at radius 1 is 1.28 bits per heavy atom. The molecule has 0 unspecified atom stereocenters. The van der Waals surface area contributed by atoms with Crippen LogP contribution in [0.15, 0.2) is 59.2 Å². The average Bonchev–Trinajstić information content (AvgIpc) is 3.36. The van der Waals surface area contributed by atoms with Gasteiger partial charge in [-0.1, -0.05) is 37.3 Å². The second kappa shape index (κ2) is 11.2. The Bertz CT molecular complexity index is 1150. The number of fused-ring (bicyclic) bond motifs is 1. The van der Waals surface area contributed by atoms with Crippen LogP contribution < -0.4 is 15.4 Å². The zero-order valence-corrected chi connectivity index (χ0v) is 21.2. The maximum atomic E-state index is 15.3. The van der Waals surface area contributed by atoms with Crippen LogP contribution in [0.1, 0.15) is 51.5 Å². The fourth-order valence-corrected chi connectivity index (χ4v) is 4.84. The van der Waals surface area contributed by atoms with Crippen molar-refractivity contribution in [1.82, 2.24) is 10.4 Å². The van der Waals surface area contributed by atoms with Crippen LogP contribution in [0.2, 0.25) is 0 Å². The van der Waals surface area contributed by atoms with Gasteiger partial charge in [-0.15, -0.1) is 0 Å². The van der Waals surface area contributed by atoms with Crippen LogP contribution in [0.4, 0.5) is 10.1 Å². The van der Waals surface area contributed by atoms with Crippen LogP contribution in [0.25, 0.3) is 0 Å². The lowest BCUT2D eigenvalue weighted by Gasteiger charge is -2.35. The molecular formula is C28H34FN3O4. The molecule has 8 heteroatoms. The van der Waals surface area contributed by atoms with Crippen molar-refractivity contribution in [3.63, 3.8) is 0 Å². The smallest absolute Gasteiger partial charge is 0.268 e. The van der Waals surface area contributed by atoms with Gasteiger partial charge in [0, 0.05) is 24.7 Å². The lowest BCUT2D eigenvalue weighted by atomic mass is 9.98. The molecule has 7 nitrogen and oxygen atoms in total. The molecular weight excluding hydrogens is 461 g/mol. The summed E-state index contributed by atoms with van der Waals surface area (Å²) >= 11 is 0. The summed E-state index contributed by atoms with van der Waals surface area (Å²) in [5.41, 5.74) is 2.23. The Kier molecular flexibility index (Phi) is 8.06. The zero-order valence-electron chi connectivity index (χ0n) is 21.2. The Morgan fingerprint density at radius 2 is 2.06 bits per heavy atom. The molecule has 2 aliphatic heterocycles. The molecule has 0 radical (unpaired) electrons. The van der Waals surface area contributed by atoms with Crippen molar-refractivity contribution in [2.45, 2.75) is 58.1 Å². The van der Waals surface area contributed by atoms with E-state index in [-0.39, 0.29) is 24.0 Å². The maximum Gasteiger partial charge on any atom is 0.268 e. The molecule has 2 amide bonds. The van der Waals surface area contributed by atoms with Crippen LogP contribution in [-0.2, 0) is 21.0 Å². The molecule has 3 aliphatic rings. The van der Waals surface area contributed by atoms with E-state index in [0.29, 0.717) is 42.9 Å². The van der Waals surface area contributed by atoms with Crippen LogP contribution in [0.5, 0.6) is 5.75 Å². The normalized spacial score (nSPS) is 20.2. The standard InChI is InChI=1S/C28H34FN3O4/c1-4-8-20(26(33)30-3)10-9-19(5-2)22-13-16-32(35-18-22)17-21-11-12-23-25(24(21)29)31-27(34)28(36-23)14-6-7-15-28/h5,8-13H,4,6-7,14-18H2,1-3H3,(H,30,33)(H,31,34)/b10-9-,19-5+,20-8-. The van der Waals surface area contributed by atoms with Gasteiger partial charge >= 0.3 is 0 Å². The molecule has 1 spiro atoms. The molecule has 0 saturated heterocycles. The van der Waals surface area contributed by atoms with Crippen molar-refractivity contribution >= 4 is 17.5 Å². The van der Waals surface area contributed by atoms with E-state index in [1.807, 2.05) is 38.2 Å². The first-order valence-electron chi connectivity index (χ1n) is 12.6. The highest BCUT2D eigenvalue weighted by molar-refractivity contribution is 6.01. The number of ether oxygens (including phenoxy) is 1. The molecule has 1 saturated carbocycles. The van der Waals surface area contributed by atoms with Gasteiger partial charge in [-0.05, 0) is 62.3 Å². The average molecular weight is 496 g/mol. The largest absolute Gasteiger partial charge is 0.475 e. The second-order valence-electron chi connectivity index (χ2n) is 9.22. The lowest BCUT2D eigenvalue weighted by Crippen LogP contribution is -2.49. The molecule has 1 fully saturated rings. The van der Waals surface area contributed by atoms with Crippen LogP contribution >= 0.6 is 0 Å². The molecule has 4 rings (SSSR count). The van der Waals surface area contributed by atoms with Gasteiger partial charge in [-0.25, -0.2) is 4.39 Å². The van der Waals surface area contributed by atoms with Gasteiger partial charge in [0.2, 0.25) is 0 Å². The minimum absolute atomic E-state index is 0.108. The summed E-state index contributed by atoms with van der Waals surface area (Å²) in [5.74, 6) is -0.493. The van der Waals surface area contributed by atoms with Crippen molar-refractivity contribution in [3.8, 4) is 5.75 Å². The number of carbonyl (C=O) groups is 2. The molecule has 2 heterocycles. The Morgan fingerprint density at radius 3 is 2.69 bits per heavy atom. The highest BCUT2D eigenvalue weighted by atomic mass is 19.1. The topological polar surface area (TPSA) is 79.9 Å². The van der Waals surface area contributed by atoms with Crippen molar-refractivity contribution in [2.24, 2.45) is 0 Å². The van der Waals surface area contributed by atoms with Gasteiger partial charge in [0.1, 0.15) is 11.4 Å². The predicted molar refractivity (Wildman–Crippen MR) is 137 cm³/mol.